The number of rotatable bonds is 2. The lowest BCUT2D eigenvalue weighted by Crippen LogP contribution is -2.42. The van der Waals surface area contributed by atoms with E-state index in [-0.39, 0.29) is 5.91 Å². The van der Waals surface area contributed by atoms with Crippen molar-refractivity contribution in [1.82, 2.24) is 4.90 Å². The maximum atomic E-state index is 12.1. The zero-order valence-corrected chi connectivity index (χ0v) is 12.6. The summed E-state index contributed by atoms with van der Waals surface area (Å²) in [5.74, 6) is -0.0243. The summed E-state index contributed by atoms with van der Waals surface area (Å²) in [7, 11) is 0. The van der Waals surface area contributed by atoms with Crippen molar-refractivity contribution < 1.29 is 9.53 Å². The number of halogens is 2. The number of ether oxygens (including phenoxy) is 1. The first kappa shape index (κ1) is 13.3. The van der Waals surface area contributed by atoms with Crippen molar-refractivity contribution in [3.8, 4) is 0 Å². The van der Waals surface area contributed by atoms with Gasteiger partial charge in [-0.1, -0.05) is 0 Å². The van der Waals surface area contributed by atoms with Gasteiger partial charge in [0.15, 0.2) is 0 Å². The summed E-state index contributed by atoms with van der Waals surface area (Å²) < 4.78 is 6.23. The largest absolute Gasteiger partial charge is 0.378 e. The lowest BCUT2D eigenvalue weighted by atomic mass is 10.3. The van der Waals surface area contributed by atoms with Crippen molar-refractivity contribution in [3.63, 3.8) is 0 Å². The average molecular weight is 339 g/mol. The van der Waals surface area contributed by atoms with Crippen LogP contribution in [-0.2, 0) is 9.53 Å². The van der Waals surface area contributed by atoms with Gasteiger partial charge in [-0.2, -0.15) is 0 Å². The molecule has 3 nitrogen and oxygen atoms in total. The Hall–Kier alpha value is -0.100. The van der Waals surface area contributed by atoms with E-state index in [0.717, 1.165) is 14.2 Å². The van der Waals surface area contributed by atoms with E-state index in [2.05, 4.69) is 15.9 Å². The second-order valence-electron chi connectivity index (χ2n) is 3.85. The maximum Gasteiger partial charge on any atom is 0.246 e. The number of nitrogens with zero attached hydrogens (tertiary/aromatic N) is 1. The number of thiophene rings is 1. The minimum Gasteiger partial charge on any atom is -0.378 e. The summed E-state index contributed by atoms with van der Waals surface area (Å²) >= 11 is 11.2. The lowest BCUT2D eigenvalue weighted by Gasteiger charge is -2.28. The van der Waals surface area contributed by atoms with Crippen LogP contribution in [0.15, 0.2) is 10.5 Å². The normalized spacial score (nSPS) is 18.2. The number of carbonyl (C=O) groups excluding carboxylic acids is 1. The van der Waals surface area contributed by atoms with Crippen LogP contribution in [0.4, 0.5) is 0 Å². The quantitative estimate of drug-likeness (QED) is 0.776. The number of hydrogen-bond donors (Lipinski definition) is 0. The summed E-state index contributed by atoms with van der Waals surface area (Å²) in [6.07, 6.45) is 0. The number of alkyl halides is 1. The molecule has 0 saturated carbocycles. The molecule has 0 bridgehead atoms. The first-order chi connectivity index (χ1) is 8.09. The van der Waals surface area contributed by atoms with Gasteiger partial charge in [0.05, 0.1) is 13.2 Å². The van der Waals surface area contributed by atoms with Crippen LogP contribution < -0.4 is 0 Å². The minimum absolute atomic E-state index is 0.0243. The van der Waals surface area contributed by atoms with Crippen LogP contribution in [-0.4, -0.2) is 37.1 Å². The molecule has 0 N–H and O–H groups in total. The molecule has 1 saturated heterocycles. The van der Waals surface area contributed by atoms with Gasteiger partial charge in [-0.25, -0.2) is 0 Å². The van der Waals surface area contributed by atoms with Crippen molar-refractivity contribution >= 4 is 44.8 Å². The van der Waals surface area contributed by atoms with Crippen molar-refractivity contribution in [3.05, 3.63) is 20.3 Å². The van der Waals surface area contributed by atoms with Crippen LogP contribution in [0, 0.1) is 6.92 Å². The summed E-state index contributed by atoms with van der Waals surface area (Å²) in [4.78, 5) is 16.0. The third-order valence-corrected chi connectivity index (χ3v) is 5.42. The fraction of sp³-hybridized carbons (Fsp3) is 0.545. The van der Waals surface area contributed by atoms with E-state index in [4.69, 9.17) is 16.3 Å². The van der Waals surface area contributed by atoms with Crippen LogP contribution in [0.25, 0.3) is 0 Å². The number of aryl methyl sites for hydroxylation is 1. The van der Waals surface area contributed by atoms with E-state index >= 15 is 0 Å². The van der Waals surface area contributed by atoms with E-state index < -0.39 is 5.38 Å². The monoisotopic (exact) mass is 337 g/mol. The average Bonchev–Trinajstić information content (AvgIpc) is 2.69. The summed E-state index contributed by atoms with van der Waals surface area (Å²) in [6, 6.07) is 1.93. The Morgan fingerprint density at radius 2 is 2.24 bits per heavy atom. The van der Waals surface area contributed by atoms with Gasteiger partial charge in [-0.05, 0) is 28.9 Å². The molecule has 1 atom stereocenters. The van der Waals surface area contributed by atoms with Crippen LogP contribution >= 0.6 is 38.9 Å². The molecule has 1 unspecified atom stereocenters. The minimum atomic E-state index is -0.580. The summed E-state index contributed by atoms with van der Waals surface area (Å²) in [5, 5.41) is -0.580. The molecule has 6 heteroatoms. The van der Waals surface area contributed by atoms with Crippen molar-refractivity contribution in [1.29, 1.82) is 0 Å². The van der Waals surface area contributed by atoms with Gasteiger partial charge in [-0.3, -0.25) is 4.79 Å². The molecular weight excluding hydrogens is 326 g/mol. The Kier molecular flexibility index (Phi) is 4.47. The van der Waals surface area contributed by atoms with Gasteiger partial charge in [0.25, 0.3) is 0 Å². The van der Waals surface area contributed by atoms with Gasteiger partial charge >= 0.3 is 0 Å². The Balaban J connectivity index is 2.08. The van der Waals surface area contributed by atoms with Crippen LogP contribution in [0.5, 0.6) is 0 Å². The molecule has 0 aliphatic carbocycles. The van der Waals surface area contributed by atoms with Crippen LogP contribution in [0.3, 0.4) is 0 Å². The van der Waals surface area contributed by atoms with Gasteiger partial charge in [0.2, 0.25) is 5.91 Å². The Bertz CT molecular complexity index is 398. The maximum absolute atomic E-state index is 12.1. The van der Waals surface area contributed by atoms with Gasteiger partial charge < -0.3 is 9.64 Å². The molecule has 0 spiro atoms. The number of hydrogen-bond acceptors (Lipinski definition) is 3. The third kappa shape index (κ3) is 3.02. The third-order valence-electron chi connectivity index (χ3n) is 2.67. The van der Waals surface area contributed by atoms with E-state index in [1.165, 1.54) is 0 Å². The van der Waals surface area contributed by atoms with Gasteiger partial charge in [0.1, 0.15) is 5.38 Å². The van der Waals surface area contributed by atoms with E-state index in [9.17, 15) is 4.79 Å². The zero-order chi connectivity index (χ0) is 12.4. The molecule has 1 fully saturated rings. The highest BCUT2D eigenvalue weighted by molar-refractivity contribution is 9.10. The van der Waals surface area contributed by atoms with Crippen molar-refractivity contribution in [2.24, 2.45) is 0 Å². The standard InChI is InChI=1S/C11H13BrClNO2S/c1-7-8(12)6-9(17-7)10(13)11(15)14-2-4-16-5-3-14/h6,10H,2-5H2,1H3. The number of amides is 1. The van der Waals surface area contributed by atoms with E-state index in [1.807, 2.05) is 13.0 Å². The molecule has 1 aliphatic rings. The topological polar surface area (TPSA) is 29.5 Å². The molecule has 2 heterocycles. The fourth-order valence-corrected chi connectivity index (χ4v) is 3.54. The molecule has 0 radical (unpaired) electrons. The van der Waals surface area contributed by atoms with Gasteiger partial charge in [0, 0.05) is 27.3 Å². The fourth-order valence-electron chi connectivity index (χ4n) is 1.67. The highest BCUT2D eigenvalue weighted by atomic mass is 79.9. The number of morpholine rings is 1. The molecule has 2 rings (SSSR count). The molecule has 94 valence electrons. The SMILES string of the molecule is Cc1sc(C(Cl)C(=O)N2CCOCC2)cc1Br. The van der Waals surface area contributed by atoms with Crippen LogP contribution in [0.1, 0.15) is 15.1 Å². The second kappa shape index (κ2) is 5.69. The molecule has 0 aromatic carbocycles. The Morgan fingerprint density at radius 3 is 2.76 bits per heavy atom. The molecule has 1 amide bonds. The Labute approximate surface area is 118 Å². The summed E-state index contributed by atoms with van der Waals surface area (Å²) in [5.41, 5.74) is 0. The molecular formula is C11H13BrClNO2S. The predicted octanol–water partition coefficient (Wildman–Crippen LogP) is 2.96. The molecule has 17 heavy (non-hydrogen) atoms. The van der Waals surface area contributed by atoms with E-state index in [0.29, 0.717) is 26.3 Å². The second-order valence-corrected chi connectivity index (χ2v) is 6.43. The lowest BCUT2D eigenvalue weighted by molar-refractivity contribution is -0.134. The van der Waals surface area contributed by atoms with Crippen LogP contribution in [0.2, 0.25) is 0 Å². The summed E-state index contributed by atoms with van der Waals surface area (Å²) in [6.45, 7) is 4.47. The number of carbonyl (C=O) groups is 1. The molecule has 1 aromatic rings. The smallest absolute Gasteiger partial charge is 0.246 e. The highest BCUT2D eigenvalue weighted by Gasteiger charge is 2.26. The zero-order valence-electron chi connectivity index (χ0n) is 9.41. The first-order valence-corrected chi connectivity index (χ1v) is 7.40. The van der Waals surface area contributed by atoms with Crippen molar-refractivity contribution in [2.45, 2.75) is 12.3 Å². The Morgan fingerprint density at radius 1 is 1.59 bits per heavy atom. The molecule has 1 aromatic heterocycles. The molecule has 1 aliphatic heterocycles. The predicted molar refractivity (Wildman–Crippen MR) is 72.7 cm³/mol. The van der Waals surface area contributed by atoms with Crippen molar-refractivity contribution in [2.75, 3.05) is 26.3 Å². The van der Waals surface area contributed by atoms with Gasteiger partial charge in [-0.15, -0.1) is 22.9 Å². The van der Waals surface area contributed by atoms with E-state index in [1.54, 1.807) is 16.2 Å². The highest BCUT2D eigenvalue weighted by Crippen LogP contribution is 2.34. The first-order valence-electron chi connectivity index (χ1n) is 5.36.